The largest absolute Gasteiger partial charge is 0.478 e. The minimum Gasteiger partial charge on any atom is -0.478 e. The second-order valence-corrected chi connectivity index (χ2v) is 5.08. The molecule has 0 atom stereocenters. The SMILES string of the molecule is O=C(O)c1ccc(CCc2cc3ncnc(Cl)c3[nH]2)cc1. The van der Waals surface area contributed by atoms with Crippen LogP contribution in [0.3, 0.4) is 0 Å². The van der Waals surface area contributed by atoms with Gasteiger partial charge in [-0.2, -0.15) is 0 Å². The van der Waals surface area contributed by atoms with Crippen LogP contribution in [0.15, 0.2) is 36.7 Å². The molecular formula is C15H12ClN3O2. The molecule has 0 fully saturated rings. The molecule has 3 aromatic rings. The summed E-state index contributed by atoms with van der Waals surface area (Å²) in [6, 6.07) is 8.85. The van der Waals surface area contributed by atoms with Crippen LogP contribution in [0.2, 0.25) is 5.15 Å². The van der Waals surface area contributed by atoms with Gasteiger partial charge in [0, 0.05) is 5.69 Å². The van der Waals surface area contributed by atoms with Gasteiger partial charge in [0.1, 0.15) is 11.8 Å². The highest BCUT2D eigenvalue weighted by molar-refractivity contribution is 6.33. The first-order valence-electron chi connectivity index (χ1n) is 6.44. The number of nitrogens with one attached hydrogen (secondary N) is 1. The van der Waals surface area contributed by atoms with Crippen molar-refractivity contribution >= 4 is 28.6 Å². The van der Waals surface area contributed by atoms with Gasteiger partial charge < -0.3 is 10.1 Å². The fraction of sp³-hybridized carbons (Fsp3) is 0.133. The number of aromatic carboxylic acids is 1. The summed E-state index contributed by atoms with van der Waals surface area (Å²) < 4.78 is 0. The van der Waals surface area contributed by atoms with Crippen molar-refractivity contribution in [2.75, 3.05) is 0 Å². The average molecular weight is 302 g/mol. The maximum atomic E-state index is 10.8. The number of carbonyl (C=O) groups is 1. The topological polar surface area (TPSA) is 78.9 Å². The fourth-order valence-electron chi connectivity index (χ4n) is 2.19. The number of hydrogen-bond acceptors (Lipinski definition) is 3. The van der Waals surface area contributed by atoms with Crippen LogP contribution in [0.1, 0.15) is 21.6 Å². The first-order valence-corrected chi connectivity index (χ1v) is 6.81. The summed E-state index contributed by atoms with van der Waals surface area (Å²) in [6.07, 6.45) is 3.03. The smallest absolute Gasteiger partial charge is 0.335 e. The van der Waals surface area contributed by atoms with E-state index >= 15 is 0 Å². The molecule has 2 heterocycles. The summed E-state index contributed by atoms with van der Waals surface area (Å²) in [5, 5.41) is 9.27. The van der Waals surface area contributed by atoms with E-state index in [1.54, 1.807) is 12.1 Å². The Hall–Kier alpha value is -2.40. The molecule has 0 saturated heterocycles. The Bertz CT molecular complexity index is 796. The third-order valence-electron chi connectivity index (χ3n) is 3.31. The Balaban J connectivity index is 1.74. The Kier molecular flexibility index (Phi) is 3.58. The molecular weight excluding hydrogens is 290 g/mol. The van der Waals surface area contributed by atoms with E-state index in [4.69, 9.17) is 16.7 Å². The third-order valence-corrected chi connectivity index (χ3v) is 3.60. The maximum absolute atomic E-state index is 10.8. The number of aromatic nitrogens is 3. The third kappa shape index (κ3) is 2.87. The lowest BCUT2D eigenvalue weighted by molar-refractivity contribution is 0.0697. The lowest BCUT2D eigenvalue weighted by Gasteiger charge is -2.01. The molecule has 0 saturated carbocycles. The highest BCUT2D eigenvalue weighted by Crippen LogP contribution is 2.20. The van der Waals surface area contributed by atoms with Crippen LogP contribution in [0.5, 0.6) is 0 Å². The first kappa shape index (κ1) is 13.6. The summed E-state index contributed by atoms with van der Waals surface area (Å²) in [7, 11) is 0. The molecule has 2 aromatic heterocycles. The zero-order valence-corrected chi connectivity index (χ0v) is 11.8. The number of carboxylic acid groups (broad SMARTS) is 1. The molecule has 0 unspecified atom stereocenters. The first-order chi connectivity index (χ1) is 10.1. The number of hydrogen-bond donors (Lipinski definition) is 2. The van der Waals surface area contributed by atoms with Crippen molar-refractivity contribution in [2.45, 2.75) is 12.8 Å². The van der Waals surface area contributed by atoms with Crippen molar-refractivity contribution in [3.05, 3.63) is 58.6 Å². The number of nitrogens with zero attached hydrogens (tertiary/aromatic N) is 2. The highest BCUT2D eigenvalue weighted by Gasteiger charge is 2.07. The van der Waals surface area contributed by atoms with Gasteiger partial charge in [-0.15, -0.1) is 0 Å². The van der Waals surface area contributed by atoms with Crippen molar-refractivity contribution in [3.8, 4) is 0 Å². The number of carboxylic acids is 1. The predicted octanol–water partition coefficient (Wildman–Crippen LogP) is 3.09. The van der Waals surface area contributed by atoms with E-state index in [2.05, 4.69) is 15.0 Å². The van der Waals surface area contributed by atoms with Crippen LogP contribution in [-0.4, -0.2) is 26.0 Å². The number of aromatic amines is 1. The van der Waals surface area contributed by atoms with Gasteiger partial charge in [0.05, 0.1) is 11.1 Å². The van der Waals surface area contributed by atoms with Crippen LogP contribution in [0, 0.1) is 0 Å². The molecule has 21 heavy (non-hydrogen) atoms. The van der Waals surface area contributed by atoms with Crippen molar-refractivity contribution in [1.82, 2.24) is 15.0 Å². The van der Waals surface area contributed by atoms with Gasteiger partial charge in [-0.3, -0.25) is 0 Å². The average Bonchev–Trinajstić information content (AvgIpc) is 2.90. The lowest BCUT2D eigenvalue weighted by Crippen LogP contribution is -1.97. The molecule has 3 rings (SSSR count). The summed E-state index contributed by atoms with van der Waals surface area (Å²) >= 11 is 6.00. The predicted molar refractivity (Wildman–Crippen MR) is 79.7 cm³/mol. The van der Waals surface area contributed by atoms with E-state index in [-0.39, 0.29) is 0 Å². The summed E-state index contributed by atoms with van der Waals surface area (Å²) in [4.78, 5) is 22.1. The van der Waals surface area contributed by atoms with Crippen LogP contribution in [-0.2, 0) is 12.8 Å². The van der Waals surface area contributed by atoms with Crippen LogP contribution >= 0.6 is 11.6 Å². The van der Waals surface area contributed by atoms with Gasteiger partial charge in [0.15, 0.2) is 5.15 Å². The molecule has 0 radical (unpaired) electrons. The number of halogens is 1. The number of rotatable bonds is 4. The van der Waals surface area contributed by atoms with E-state index in [0.717, 1.165) is 35.1 Å². The Morgan fingerprint density at radius 2 is 1.95 bits per heavy atom. The van der Waals surface area contributed by atoms with Gasteiger partial charge in [-0.05, 0) is 36.6 Å². The number of H-pyrrole nitrogens is 1. The molecule has 5 nitrogen and oxygen atoms in total. The lowest BCUT2D eigenvalue weighted by atomic mass is 10.1. The normalized spacial score (nSPS) is 10.9. The number of fused-ring (bicyclic) bond motifs is 1. The number of benzene rings is 1. The Morgan fingerprint density at radius 3 is 2.62 bits per heavy atom. The molecule has 0 spiro atoms. The van der Waals surface area contributed by atoms with E-state index in [1.807, 2.05) is 18.2 Å². The molecule has 2 N–H and O–H groups in total. The quantitative estimate of drug-likeness (QED) is 0.726. The molecule has 1 aromatic carbocycles. The van der Waals surface area contributed by atoms with Crippen LogP contribution in [0.25, 0.3) is 11.0 Å². The van der Waals surface area contributed by atoms with Gasteiger partial charge in [-0.1, -0.05) is 23.7 Å². The van der Waals surface area contributed by atoms with E-state index in [9.17, 15) is 4.79 Å². The van der Waals surface area contributed by atoms with E-state index in [1.165, 1.54) is 6.33 Å². The van der Waals surface area contributed by atoms with Crippen molar-refractivity contribution in [3.63, 3.8) is 0 Å². The minimum atomic E-state index is -0.912. The fourth-order valence-corrected chi connectivity index (χ4v) is 2.38. The molecule has 6 heteroatoms. The Labute approximate surface area is 125 Å². The maximum Gasteiger partial charge on any atom is 0.335 e. The molecule has 0 aliphatic rings. The summed E-state index contributed by atoms with van der Waals surface area (Å²) in [5.41, 5.74) is 3.94. The second-order valence-electron chi connectivity index (χ2n) is 4.72. The van der Waals surface area contributed by atoms with Crippen molar-refractivity contribution in [2.24, 2.45) is 0 Å². The van der Waals surface area contributed by atoms with Gasteiger partial charge >= 0.3 is 5.97 Å². The van der Waals surface area contributed by atoms with E-state index < -0.39 is 5.97 Å². The monoisotopic (exact) mass is 301 g/mol. The molecule has 0 aliphatic heterocycles. The molecule has 0 aliphatic carbocycles. The zero-order valence-electron chi connectivity index (χ0n) is 11.0. The van der Waals surface area contributed by atoms with Crippen molar-refractivity contribution < 1.29 is 9.90 Å². The Morgan fingerprint density at radius 1 is 1.19 bits per heavy atom. The molecule has 0 bridgehead atoms. The van der Waals surface area contributed by atoms with Crippen LogP contribution < -0.4 is 0 Å². The zero-order chi connectivity index (χ0) is 14.8. The van der Waals surface area contributed by atoms with E-state index in [0.29, 0.717) is 10.7 Å². The van der Waals surface area contributed by atoms with Crippen molar-refractivity contribution in [1.29, 1.82) is 0 Å². The second kappa shape index (κ2) is 5.54. The van der Waals surface area contributed by atoms with Gasteiger partial charge in [-0.25, -0.2) is 14.8 Å². The molecule has 0 amide bonds. The highest BCUT2D eigenvalue weighted by atomic mass is 35.5. The molecule has 106 valence electrons. The van der Waals surface area contributed by atoms with Gasteiger partial charge in [0.25, 0.3) is 0 Å². The minimum absolute atomic E-state index is 0.298. The van der Waals surface area contributed by atoms with Crippen LogP contribution in [0.4, 0.5) is 0 Å². The summed E-state index contributed by atoms with van der Waals surface area (Å²) in [6.45, 7) is 0. The number of aryl methyl sites for hydroxylation is 2. The standard InChI is InChI=1S/C15H12ClN3O2/c16-14-13-12(17-8-18-14)7-11(19-13)6-3-9-1-4-10(5-2-9)15(20)21/h1-2,4-5,7-8,19H,3,6H2,(H,20,21). The summed E-state index contributed by atoms with van der Waals surface area (Å²) in [5.74, 6) is -0.912. The van der Waals surface area contributed by atoms with Gasteiger partial charge in [0.2, 0.25) is 0 Å².